The van der Waals surface area contributed by atoms with Gasteiger partial charge in [-0.05, 0) is 76.9 Å². The Morgan fingerprint density at radius 2 is 1.81 bits per heavy atom. The van der Waals surface area contributed by atoms with E-state index >= 15 is 0 Å². The van der Waals surface area contributed by atoms with Crippen LogP contribution in [0, 0.1) is 9.49 Å². The van der Waals surface area contributed by atoms with Crippen molar-refractivity contribution in [3.8, 4) is 11.5 Å². The summed E-state index contributed by atoms with van der Waals surface area (Å²) in [6.45, 7) is 6.70. The second kappa shape index (κ2) is 12.5. The normalized spacial score (nSPS) is 11.7. The van der Waals surface area contributed by atoms with Gasteiger partial charge in [0.15, 0.2) is 6.61 Å². The number of ether oxygens (including phenoxy) is 2. The van der Waals surface area contributed by atoms with Crippen molar-refractivity contribution in [1.29, 1.82) is 0 Å². The molecule has 1 atom stereocenters. The zero-order valence-corrected chi connectivity index (χ0v) is 20.7. The third-order valence-electron chi connectivity index (χ3n) is 4.73. The van der Waals surface area contributed by atoms with Crippen LogP contribution < -0.4 is 14.8 Å². The maximum atomic E-state index is 13.2. The smallest absolute Gasteiger partial charge is 0.261 e. The van der Waals surface area contributed by atoms with Gasteiger partial charge >= 0.3 is 0 Å². The van der Waals surface area contributed by atoms with Crippen LogP contribution in [-0.4, -0.2) is 43.0 Å². The number of nitrogens with zero attached hydrogens (tertiary/aromatic N) is 1. The molecule has 0 radical (unpaired) electrons. The zero-order chi connectivity index (χ0) is 22.8. The highest BCUT2D eigenvalue weighted by Gasteiger charge is 2.29. The van der Waals surface area contributed by atoms with Crippen molar-refractivity contribution < 1.29 is 19.1 Å². The van der Waals surface area contributed by atoms with Crippen LogP contribution in [0.2, 0.25) is 0 Å². The highest BCUT2D eigenvalue weighted by Crippen LogP contribution is 2.18. The van der Waals surface area contributed by atoms with E-state index in [0.29, 0.717) is 36.9 Å². The fourth-order valence-corrected chi connectivity index (χ4v) is 3.43. The molecule has 0 saturated heterocycles. The Balaban J connectivity index is 2.20. The minimum absolute atomic E-state index is 0.140. The van der Waals surface area contributed by atoms with Crippen molar-refractivity contribution in [2.45, 2.75) is 39.8 Å². The zero-order valence-electron chi connectivity index (χ0n) is 18.6. The Bertz CT molecular complexity index is 855. The van der Waals surface area contributed by atoms with Crippen molar-refractivity contribution in [2.75, 3.05) is 20.3 Å². The van der Waals surface area contributed by atoms with E-state index in [-0.39, 0.29) is 18.4 Å². The predicted octanol–water partition coefficient (Wildman–Crippen LogP) is 4.26. The van der Waals surface area contributed by atoms with E-state index in [2.05, 4.69) is 27.9 Å². The van der Waals surface area contributed by atoms with Gasteiger partial charge in [0.2, 0.25) is 5.91 Å². The Morgan fingerprint density at radius 3 is 2.42 bits per heavy atom. The molecule has 0 aliphatic heterocycles. The number of carbonyl (C=O) groups excluding carboxylic acids is 2. The molecule has 2 aromatic carbocycles. The summed E-state index contributed by atoms with van der Waals surface area (Å²) in [4.78, 5) is 27.6. The van der Waals surface area contributed by atoms with E-state index in [1.165, 1.54) is 0 Å². The second-order valence-corrected chi connectivity index (χ2v) is 8.92. The van der Waals surface area contributed by atoms with Crippen molar-refractivity contribution in [1.82, 2.24) is 10.2 Å². The fourth-order valence-electron chi connectivity index (χ4n) is 3.07. The quantitative estimate of drug-likeness (QED) is 0.435. The molecule has 7 heteroatoms. The lowest BCUT2D eigenvalue weighted by molar-refractivity contribution is -0.143. The minimum atomic E-state index is -0.585. The third-order valence-corrected chi connectivity index (χ3v) is 5.45. The highest BCUT2D eigenvalue weighted by molar-refractivity contribution is 14.1. The molecule has 0 aliphatic rings. The number of hydrogen-bond acceptors (Lipinski definition) is 4. The third kappa shape index (κ3) is 8.05. The Labute approximate surface area is 198 Å². The number of nitrogens with one attached hydrogen (secondary N) is 1. The Morgan fingerprint density at radius 1 is 1.10 bits per heavy atom. The molecule has 0 aliphatic carbocycles. The monoisotopic (exact) mass is 538 g/mol. The average Bonchev–Trinajstić information content (AvgIpc) is 2.77. The number of halogens is 1. The van der Waals surface area contributed by atoms with Crippen LogP contribution in [0.5, 0.6) is 11.5 Å². The summed E-state index contributed by atoms with van der Waals surface area (Å²) in [6, 6.07) is 14.4. The maximum Gasteiger partial charge on any atom is 0.261 e. The molecule has 31 heavy (non-hydrogen) atoms. The number of carbonyl (C=O) groups is 2. The highest BCUT2D eigenvalue weighted by atomic mass is 127. The van der Waals surface area contributed by atoms with Gasteiger partial charge in [-0.15, -0.1) is 0 Å². The first-order valence-electron chi connectivity index (χ1n) is 10.4. The molecular weight excluding hydrogens is 507 g/mol. The first kappa shape index (κ1) is 25.0. The molecule has 0 bridgehead atoms. The van der Waals surface area contributed by atoms with Gasteiger partial charge in [-0.1, -0.05) is 32.9 Å². The van der Waals surface area contributed by atoms with E-state index in [9.17, 15) is 9.59 Å². The lowest BCUT2D eigenvalue weighted by atomic mass is 10.1. The van der Waals surface area contributed by atoms with Crippen molar-refractivity contribution >= 4 is 34.4 Å². The molecule has 6 nitrogen and oxygen atoms in total. The Kier molecular flexibility index (Phi) is 10.1. The average molecular weight is 538 g/mol. The summed E-state index contributed by atoms with van der Waals surface area (Å²) in [5.74, 6) is 1.26. The van der Waals surface area contributed by atoms with Crippen molar-refractivity contribution in [2.24, 2.45) is 5.92 Å². The van der Waals surface area contributed by atoms with Gasteiger partial charge in [0, 0.05) is 16.7 Å². The molecule has 1 N–H and O–H groups in total. The van der Waals surface area contributed by atoms with Crippen LogP contribution in [0.25, 0.3) is 0 Å². The van der Waals surface area contributed by atoms with E-state index in [0.717, 1.165) is 9.13 Å². The molecule has 2 aromatic rings. The molecule has 0 spiro atoms. The molecular formula is C24H31IN2O4. The standard InChI is InChI=1S/C24H31IN2O4/c1-5-22(24(29)26-14-17(2)3)27(15-18-7-6-8-21(13-18)30-4)23(28)16-31-20-11-9-19(25)10-12-20/h6-13,17,22H,5,14-16H2,1-4H3,(H,26,29)/t22-/m0/s1. The maximum absolute atomic E-state index is 13.2. The number of hydrogen-bond donors (Lipinski definition) is 1. The number of rotatable bonds is 11. The number of amides is 2. The lowest BCUT2D eigenvalue weighted by Gasteiger charge is -2.31. The lowest BCUT2D eigenvalue weighted by Crippen LogP contribution is -2.50. The summed E-state index contributed by atoms with van der Waals surface area (Å²) in [5, 5.41) is 2.96. The first-order chi connectivity index (χ1) is 14.8. The van der Waals surface area contributed by atoms with E-state index in [4.69, 9.17) is 9.47 Å². The van der Waals surface area contributed by atoms with Gasteiger partial charge < -0.3 is 19.7 Å². The summed E-state index contributed by atoms with van der Waals surface area (Å²) in [7, 11) is 1.60. The van der Waals surface area contributed by atoms with Crippen LogP contribution in [0.4, 0.5) is 0 Å². The predicted molar refractivity (Wildman–Crippen MR) is 130 cm³/mol. The van der Waals surface area contributed by atoms with Gasteiger partial charge in [-0.2, -0.15) is 0 Å². The van der Waals surface area contributed by atoms with Crippen LogP contribution in [0.15, 0.2) is 48.5 Å². The van der Waals surface area contributed by atoms with Gasteiger partial charge in [0.25, 0.3) is 5.91 Å². The van der Waals surface area contributed by atoms with Crippen molar-refractivity contribution in [3.63, 3.8) is 0 Å². The number of benzene rings is 2. The molecule has 0 saturated carbocycles. The van der Waals surface area contributed by atoms with Crippen molar-refractivity contribution in [3.05, 3.63) is 57.7 Å². The molecule has 2 rings (SSSR count). The first-order valence-corrected chi connectivity index (χ1v) is 11.5. The molecule has 0 aromatic heterocycles. The van der Waals surface area contributed by atoms with Crippen LogP contribution in [0.3, 0.4) is 0 Å². The molecule has 0 unspecified atom stereocenters. The van der Waals surface area contributed by atoms with Crippen LogP contribution >= 0.6 is 22.6 Å². The molecule has 0 fully saturated rings. The fraction of sp³-hybridized carbons (Fsp3) is 0.417. The SMILES string of the molecule is CC[C@@H](C(=O)NCC(C)C)N(Cc1cccc(OC)c1)C(=O)COc1ccc(I)cc1. The van der Waals surface area contributed by atoms with E-state index in [1.54, 1.807) is 12.0 Å². The second-order valence-electron chi connectivity index (χ2n) is 7.68. The summed E-state index contributed by atoms with van der Waals surface area (Å²) < 4.78 is 12.1. The molecule has 168 valence electrons. The van der Waals surface area contributed by atoms with Crippen LogP contribution in [-0.2, 0) is 16.1 Å². The summed E-state index contributed by atoms with van der Waals surface area (Å²) in [5.41, 5.74) is 0.886. The van der Waals surface area contributed by atoms with Gasteiger partial charge in [0.1, 0.15) is 17.5 Å². The van der Waals surface area contributed by atoms with E-state index < -0.39 is 6.04 Å². The topological polar surface area (TPSA) is 67.9 Å². The minimum Gasteiger partial charge on any atom is -0.497 e. The molecule has 2 amide bonds. The van der Waals surface area contributed by atoms with E-state index in [1.807, 2.05) is 69.3 Å². The Hall–Kier alpha value is -2.29. The van der Waals surface area contributed by atoms with Gasteiger partial charge in [-0.25, -0.2) is 0 Å². The largest absolute Gasteiger partial charge is 0.497 e. The van der Waals surface area contributed by atoms with Gasteiger partial charge in [0.05, 0.1) is 7.11 Å². The summed E-state index contributed by atoms with van der Waals surface area (Å²) in [6.07, 6.45) is 0.503. The summed E-state index contributed by atoms with van der Waals surface area (Å²) >= 11 is 2.21. The van der Waals surface area contributed by atoms with Crippen LogP contribution in [0.1, 0.15) is 32.8 Å². The van der Waals surface area contributed by atoms with Gasteiger partial charge in [-0.3, -0.25) is 9.59 Å². The molecule has 0 heterocycles. The number of methoxy groups -OCH3 is 1.